The molecule has 0 saturated carbocycles. The molecule has 3 aromatic rings. The predicted molar refractivity (Wildman–Crippen MR) is 168 cm³/mol. The molecule has 240 valence electrons. The maximum atomic E-state index is 12.3. The standard InChI is InChI=1S/C34H40N2O8S/c37-21-24-9-11-25(12-10-24)30-19-28(22-45-29-17-15-26(16-18-29)33(40)41)43-34(44-30)27-13-7-23(8-14-27)20-35-31(38)5-3-1-2-4-6-32(39)36-42/h7-18,28,30,34,37,42H,1-6,19-22H2,(H,35,38)(H,36,39)(H,40,41)/t28-,30+,34+/m0/s1. The number of hydrogen-bond donors (Lipinski definition) is 5. The summed E-state index contributed by atoms with van der Waals surface area (Å²) in [6.07, 6.45) is 3.43. The van der Waals surface area contributed by atoms with Gasteiger partial charge >= 0.3 is 5.97 Å². The Balaban J connectivity index is 1.32. The average molecular weight is 637 g/mol. The van der Waals surface area contributed by atoms with Crippen molar-refractivity contribution in [3.63, 3.8) is 0 Å². The van der Waals surface area contributed by atoms with Crippen LogP contribution >= 0.6 is 11.8 Å². The van der Waals surface area contributed by atoms with Crippen molar-refractivity contribution in [2.24, 2.45) is 0 Å². The first-order valence-electron chi connectivity index (χ1n) is 15.1. The van der Waals surface area contributed by atoms with E-state index in [4.69, 9.17) is 14.7 Å². The van der Waals surface area contributed by atoms with Gasteiger partial charge in [0.25, 0.3) is 0 Å². The van der Waals surface area contributed by atoms with Crippen molar-refractivity contribution in [2.45, 2.75) is 81.5 Å². The van der Waals surface area contributed by atoms with Crippen molar-refractivity contribution < 1.29 is 39.3 Å². The molecule has 11 heteroatoms. The molecule has 1 saturated heterocycles. The first kappa shape index (κ1) is 34.1. The lowest BCUT2D eigenvalue weighted by Crippen LogP contribution is -2.31. The van der Waals surface area contributed by atoms with E-state index in [0.717, 1.165) is 46.4 Å². The van der Waals surface area contributed by atoms with Gasteiger partial charge in [-0.05, 0) is 53.8 Å². The van der Waals surface area contributed by atoms with Crippen LogP contribution in [0.15, 0.2) is 77.7 Å². The Labute approximate surface area is 267 Å². The number of carboxylic acid groups (broad SMARTS) is 1. The number of benzene rings is 3. The quantitative estimate of drug-likeness (QED) is 0.0578. The fourth-order valence-corrected chi connectivity index (χ4v) is 5.89. The second-order valence-electron chi connectivity index (χ2n) is 11.0. The number of thioether (sulfide) groups is 1. The van der Waals surface area contributed by atoms with E-state index >= 15 is 0 Å². The van der Waals surface area contributed by atoms with E-state index in [2.05, 4.69) is 5.32 Å². The van der Waals surface area contributed by atoms with Gasteiger partial charge in [-0.1, -0.05) is 61.4 Å². The van der Waals surface area contributed by atoms with Gasteiger partial charge in [-0.2, -0.15) is 0 Å². The summed E-state index contributed by atoms with van der Waals surface area (Å²) in [5, 5.41) is 30.1. The van der Waals surface area contributed by atoms with E-state index in [-0.39, 0.29) is 36.7 Å². The zero-order valence-corrected chi connectivity index (χ0v) is 25.8. The molecule has 1 heterocycles. The van der Waals surface area contributed by atoms with Gasteiger partial charge in [-0.25, -0.2) is 10.3 Å². The molecule has 4 rings (SSSR count). The molecule has 3 aromatic carbocycles. The number of carboxylic acids is 1. The Hall–Kier alpha value is -3.74. The highest BCUT2D eigenvalue weighted by atomic mass is 32.2. The van der Waals surface area contributed by atoms with E-state index in [1.807, 2.05) is 48.5 Å². The molecule has 0 unspecified atom stereocenters. The maximum absolute atomic E-state index is 12.3. The van der Waals surface area contributed by atoms with Crippen LogP contribution in [0.4, 0.5) is 0 Å². The van der Waals surface area contributed by atoms with Crippen LogP contribution < -0.4 is 10.8 Å². The minimum atomic E-state index is -0.957. The topological polar surface area (TPSA) is 154 Å². The second-order valence-corrected chi connectivity index (χ2v) is 12.1. The Morgan fingerprint density at radius 2 is 1.40 bits per heavy atom. The fraction of sp³-hybridized carbons (Fsp3) is 0.382. The summed E-state index contributed by atoms with van der Waals surface area (Å²) in [5.41, 5.74) is 5.49. The number of unbranched alkanes of at least 4 members (excludes halogenated alkanes) is 3. The number of aliphatic hydroxyl groups excluding tert-OH is 1. The monoisotopic (exact) mass is 636 g/mol. The second kappa shape index (κ2) is 17.7. The molecular weight excluding hydrogens is 596 g/mol. The summed E-state index contributed by atoms with van der Waals surface area (Å²) < 4.78 is 12.8. The summed E-state index contributed by atoms with van der Waals surface area (Å²) >= 11 is 1.60. The molecule has 0 aliphatic carbocycles. The Bertz CT molecular complexity index is 1380. The average Bonchev–Trinajstić information content (AvgIpc) is 3.08. The summed E-state index contributed by atoms with van der Waals surface area (Å²) in [6, 6.07) is 22.3. The highest BCUT2D eigenvalue weighted by Crippen LogP contribution is 2.39. The van der Waals surface area contributed by atoms with Crippen LogP contribution in [0.5, 0.6) is 0 Å². The largest absolute Gasteiger partial charge is 0.478 e. The molecule has 1 fully saturated rings. The molecular formula is C34H40N2O8S. The third kappa shape index (κ3) is 11.0. The molecule has 1 aliphatic rings. The number of ether oxygens (including phenoxy) is 2. The third-order valence-corrected chi connectivity index (χ3v) is 8.72. The molecule has 5 N–H and O–H groups in total. The minimum absolute atomic E-state index is 0.0286. The van der Waals surface area contributed by atoms with Gasteiger partial charge in [0.15, 0.2) is 6.29 Å². The van der Waals surface area contributed by atoms with Crippen LogP contribution in [-0.4, -0.2) is 45.1 Å². The van der Waals surface area contributed by atoms with Crippen molar-refractivity contribution in [3.8, 4) is 0 Å². The number of carbonyl (C=O) groups excluding carboxylic acids is 2. The Morgan fingerprint density at radius 3 is 2.02 bits per heavy atom. The molecule has 0 spiro atoms. The Morgan fingerprint density at radius 1 is 0.778 bits per heavy atom. The highest BCUT2D eigenvalue weighted by Gasteiger charge is 2.32. The molecule has 3 atom stereocenters. The van der Waals surface area contributed by atoms with Gasteiger partial charge in [0.2, 0.25) is 11.8 Å². The van der Waals surface area contributed by atoms with Crippen LogP contribution in [0.1, 0.15) is 90.0 Å². The van der Waals surface area contributed by atoms with E-state index in [1.165, 1.54) is 0 Å². The molecule has 0 bridgehead atoms. The first-order valence-corrected chi connectivity index (χ1v) is 16.1. The van der Waals surface area contributed by atoms with Gasteiger partial charge in [0.05, 0.1) is 24.4 Å². The van der Waals surface area contributed by atoms with E-state index < -0.39 is 18.2 Å². The maximum Gasteiger partial charge on any atom is 0.335 e. The highest BCUT2D eigenvalue weighted by molar-refractivity contribution is 7.99. The molecule has 10 nitrogen and oxygen atoms in total. The molecule has 0 radical (unpaired) electrons. The van der Waals surface area contributed by atoms with Crippen LogP contribution in [0.25, 0.3) is 0 Å². The zero-order valence-electron chi connectivity index (χ0n) is 25.0. The van der Waals surface area contributed by atoms with Crippen molar-refractivity contribution in [2.75, 3.05) is 5.75 Å². The summed E-state index contributed by atoms with van der Waals surface area (Å²) in [7, 11) is 0. The van der Waals surface area contributed by atoms with Crippen LogP contribution in [0.3, 0.4) is 0 Å². The molecule has 1 aliphatic heterocycles. The summed E-state index contributed by atoms with van der Waals surface area (Å²) in [4.78, 5) is 35.5. The zero-order chi connectivity index (χ0) is 32.0. The van der Waals surface area contributed by atoms with Gasteiger partial charge in [-0.15, -0.1) is 11.8 Å². The lowest BCUT2D eigenvalue weighted by atomic mass is 10.0. The normalized spacial score (nSPS) is 17.9. The number of amides is 2. The van der Waals surface area contributed by atoms with Crippen LogP contribution in [0, 0.1) is 0 Å². The SMILES string of the molecule is O=C(CCCCCCC(=O)NCc1ccc([C@@H]2O[C@H](CSc3ccc(C(=O)O)cc3)C[C@H](c3ccc(CO)cc3)O2)cc1)NO. The lowest BCUT2D eigenvalue weighted by Gasteiger charge is -2.36. The molecule has 45 heavy (non-hydrogen) atoms. The van der Waals surface area contributed by atoms with E-state index in [0.29, 0.717) is 31.6 Å². The summed E-state index contributed by atoms with van der Waals surface area (Å²) in [5.74, 6) is -0.727. The number of nitrogens with one attached hydrogen (secondary N) is 2. The molecule has 2 amide bonds. The number of rotatable bonds is 16. The minimum Gasteiger partial charge on any atom is -0.478 e. The smallest absolute Gasteiger partial charge is 0.335 e. The van der Waals surface area contributed by atoms with Crippen LogP contribution in [0.2, 0.25) is 0 Å². The fourth-order valence-electron chi connectivity index (χ4n) is 4.97. The van der Waals surface area contributed by atoms with Crippen molar-refractivity contribution in [3.05, 3.63) is 101 Å². The first-order chi connectivity index (χ1) is 21.8. The lowest BCUT2D eigenvalue weighted by molar-refractivity contribution is -0.245. The van der Waals surface area contributed by atoms with Gasteiger partial charge in [0, 0.05) is 42.0 Å². The van der Waals surface area contributed by atoms with Crippen molar-refractivity contribution in [1.29, 1.82) is 0 Å². The van der Waals surface area contributed by atoms with Gasteiger partial charge in [-0.3, -0.25) is 14.8 Å². The van der Waals surface area contributed by atoms with Crippen molar-refractivity contribution in [1.82, 2.24) is 10.8 Å². The van der Waals surface area contributed by atoms with E-state index in [9.17, 15) is 24.6 Å². The number of hydroxylamine groups is 1. The number of hydrogen-bond acceptors (Lipinski definition) is 8. The Kier molecular flexibility index (Phi) is 13.4. The number of carbonyl (C=O) groups is 3. The van der Waals surface area contributed by atoms with Gasteiger partial charge in [0.1, 0.15) is 0 Å². The summed E-state index contributed by atoms with van der Waals surface area (Å²) in [6.45, 7) is 0.375. The van der Waals surface area contributed by atoms with Crippen LogP contribution in [-0.2, 0) is 32.2 Å². The van der Waals surface area contributed by atoms with Crippen molar-refractivity contribution >= 4 is 29.5 Å². The number of aromatic carboxylic acids is 1. The third-order valence-electron chi connectivity index (χ3n) is 7.58. The molecule has 0 aromatic heterocycles. The van der Waals surface area contributed by atoms with Gasteiger partial charge < -0.3 is 25.0 Å². The van der Waals surface area contributed by atoms with E-state index in [1.54, 1.807) is 41.5 Å². The predicted octanol–water partition coefficient (Wildman–Crippen LogP) is 5.68. The number of aliphatic hydroxyl groups is 1.